The Hall–Kier alpha value is -2.04. The van der Waals surface area contributed by atoms with Crippen molar-refractivity contribution in [1.82, 2.24) is 24.8 Å². The van der Waals surface area contributed by atoms with Crippen LogP contribution in [0.25, 0.3) is 6.08 Å². The molecule has 2 aromatic rings. The van der Waals surface area contributed by atoms with Crippen molar-refractivity contribution >= 4 is 69.3 Å². The predicted molar refractivity (Wildman–Crippen MR) is 116 cm³/mol. The van der Waals surface area contributed by atoms with Gasteiger partial charge in [-0.1, -0.05) is 15.7 Å². The molecule has 0 radical (unpaired) electrons. The van der Waals surface area contributed by atoms with Crippen LogP contribution in [0.5, 0.6) is 0 Å². The quantitative estimate of drug-likeness (QED) is 0.112. The normalized spacial score (nSPS) is 24.7. The third kappa shape index (κ3) is 4.79. The average Bonchev–Trinajstić information content (AvgIpc) is 3.38. The zero-order chi connectivity index (χ0) is 23.0. The standard InChI is InChI=1S/C17H17N7O5S3.Na/c1-7-8(21-23-32-7)2-3-17(15(27)28)5-24-13(26)11(14(24)31-6-17)20-12(25)10(22-29)9-4-30-16(18)19-9;/h2-4,11,14,29H,5-6H2,1H3,(H2,18,19)(H,20,25)(H,27,28);/q;+1/p-1/t11?,14-,17?;/m1./s1. The Morgan fingerprint density at radius 3 is 2.82 bits per heavy atom. The fourth-order valence-electron chi connectivity index (χ4n) is 3.34. The summed E-state index contributed by atoms with van der Waals surface area (Å²) in [4.78, 5) is 43.3. The number of nitrogens with two attached hydrogens (primary N) is 1. The Morgan fingerprint density at radius 2 is 2.24 bits per heavy atom. The van der Waals surface area contributed by atoms with E-state index in [4.69, 9.17) is 5.73 Å². The number of hydrogen-bond donors (Lipinski definition) is 3. The van der Waals surface area contributed by atoms with Crippen LogP contribution < -0.4 is 45.7 Å². The van der Waals surface area contributed by atoms with Gasteiger partial charge in [0.05, 0.1) is 11.4 Å². The van der Waals surface area contributed by atoms with Crippen molar-refractivity contribution in [2.75, 3.05) is 18.0 Å². The summed E-state index contributed by atoms with van der Waals surface area (Å²) in [5.41, 5.74) is 4.41. The second-order valence-corrected chi connectivity index (χ2v) is 10.1. The first-order valence-electron chi connectivity index (χ1n) is 9.12. The van der Waals surface area contributed by atoms with Crippen LogP contribution in [0.15, 0.2) is 16.6 Å². The van der Waals surface area contributed by atoms with Crippen LogP contribution in [0.4, 0.5) is 5.13 Å². The second kappa shape index (κ2) is 10.1. The van der Waals surface area contributed by atoms with E-state index >= 15 is 0 Å². The summed E-state index contributed by atoms with van der Waals surface area (Å²) in [5, 5.41) is 31.8. The van der Waals surface area contributed by atoms with Gasteiger partial charge in [-0.2, -0.15) is 0 Å². The van der Waals surface area contributed by atoms with Crippen LogP contribution >= 0.6 is 34.6 Å². The van der Waals surface area contributed by atoms with Gasteiger partial charge in [-0.15, -0.1) is 28.2 Å². The molecule has 4 heterocycles. The minimum absolute atomic E-state index is 0. The molecule has 0 saturated carbocycles. The second-order valence-electron chi connectivity index (χ2n) is 7.13. The molecule has 2 saturated heterocycles. The molecule has 12 nitrogen and oxygen atoms in total. The summed E-state index contributed by atoms with van der Waals surface area (Å²) < 4.78 is 3.81. The number of thioether (sulfide) groups is 1. The van der Waals surface area contributed by atoms with Crippen molar-refractivity contribution < 1.29 is 54.3 Å². The predicted octanol–water partition coefficient (Wildman–Crippen LogP) is -4.08. The largest absolute Gasteiger partial charge is 1.00 e. The molecular formula is C17H16N7NaO5S3. The van der Waals surface area contributed by atoms with Gasteiger partial charge in [-0.3, -0.25) is 9.59 Å². The summed E-state index contributed by atoms with van der Waals surface area (Å²) in [7, 11) is 0. The Morgan fingerprint density at radius 1 is 1.48 bits per heavy atom. The number of nitrogen functional groups attached to an aromatic ring is 1. The maximum atomic E-state index is 12.7. The fraction of sp³-hybridized carbons (Fsp3) is 0.353. The number of hydrogen-bond acceptors (Lipinski definition) is 13. The summed E-state index contributed by atoms with van der Waals surface area (Å²) in [5.74, 6) is -2.42. The topological polar surface area (TPSA) is 187 Å². The number of carbonyl (C=O) groups excluding carboxylic acids is 3. The van der Waals surface area contributed by atoms with Crippen molar-refractivity contribution in [3.05, 3.63) is 27.7 Å². The summed E-state index contributed by atoms with van der Waals surface area (Å²) >= 11 is 3.48. The van der Waals surface area contributed by atoms with Gasteiger partial charge in [0, 0.05) is 22.6 Å². The van der Waals surface area contributed by atoms with Gasteiger partial charge in [0.15, 0.2) is 10.8 Å². The first kappa shape index (κ1) is 25.6. The monoisotopic (exact) mass is 517 g/mol. The van der Waals surface area contributed by atoms with Crippen LogP contribution in [-0.4, -0.2) is 71.9 Å². The number of β-lactam (4-membered cyclic amide) rings is 1. The van der Waals surface area contributed by atoms with Gasteiger partial charge in [-0.25, -0.2) is 4.98 Å². The molecule has 16 heteroatoms. The smallest absolute Gasteiger partial charge is 0.549 e. The fourth-order valence-corrected chi connectivity index (χ4v) is 5.85. The van der Waals surface area contributed by atoms with Gasteiger partial charge in [0.2, 0.25) is 5.91 Å². The molecule has 0 aliphatic carbocycles. The number of nitrogens with zero attached hydrogens (tertiary/aromatic N) is 5. The first-order valence-corrected chi connectivity index (χ1v) is 11.8. The number of nitrogens with one attached hydrogen (secondary N) is 1. The number of fused-ring (bicyclic) bond motifs is 1. The summed E-state index contributed by atoms with van der Waals surface area (Å²) in [6.07, 6.45) is 3.06. The van der Waals surface area contributed by atoms with E-state index in [2.05, 4.69) is 25.0 Å². The number of rotatable bonds is 6. The molecule has 0 bridgehead atoms. The van der Waals surface area contributed by atoms with E-state index in [1.54, 1.807) is 6.08 Å². The number of amides is 2. The van der Waals surface area contributed by atoms with Gasteiger partial charge >= 0.3 is 29.6 Å². The van der Waals surface area contributed by atoms with Gasteiger partial charge in [-0.05, 0) is 24.5 Å². The summed E-state index contributed by atoms with van der Waals surface area (Å²) in [6.45, 7) is 1.71. The third-order valence-corrected chi connectivity index (χ3v) is 8.00. The molecule has 2 aromatic heterocycles. The van der Waals surface area contributed by atoms with Crippen LogP contribution in [0.1, 0.15) is 16.3 Å². The van der Waals surface area contributed by atoms with E-state index < -0.39 is 34.6 Å². The number of carbonyl (C=O) groups is 3. The molecule has 0 spiro atoms. The minimum Gasteiger partial charge on any atom is -0.549 e. The Kier molecular flexibility index (Phi) is 7.80. The number of carboxylic acids is 1. The maximum absolute atomic E-state index is 12.7. The van der Waals surface area contributed by atoms with Crippen LogP contribution in [0, 0.1) is 12.3 Å². The molecule has 3 atom stereocenters. The zero-order valence-electron chi connectivity index (χ0n) is 17.4. The molecule has 2 amide bonds. The molecular weight excluding hydrogens is 501 g/mol. The molecule has 33 heavy (non-hydrogen) atoms. The van der Waals surface area contributed by atoms with Crippen LogP contribution in [0.3, 0.4) is 0 Å². The Labute approximate surface area is 221 Å². The van der Waals surface area contributed by atoms with Gasteiger partial charge in [0.1, 0.15) is 22.8 Å². The number of aryl methyl sites for hydroxylation is 1. The van der Waals surface area contributed by atoms with Crippen LogP contribution in [-0.2, 0) is 14.4 Å². The van der Waals surface area contributed by atoms with E-state index in [1.807, 2.05) is 6.92 Å². The SMILES string of the molecule is Cc1snnc1C=CC1(C(=O)[O-])CS[C@@H]2C(NC(=O)C(=NO)c3csc(N)n3)C(=O)N2C1.[Na+]. The molecule has 2 unspecified atom stereocenters. The number of oxime groups is 1. The molecule has 0 aromatic carbocycles. The van der Waals surface area contributed by atoms with Crippen molar-refractivity contribution in [2.24, 2.45) is 10.6 Å². The minimum atomic E-state index is -1.41. The van der Waals surface area contributed by atoms with E-state index in [0.29, 0.717) is 5.69 Å². The molecule has 2 fully saturated rings. The van der Waals surface area contributed by atoms with E-state index in [0.717, 1.165) is 16.2 Å². The molecule has 4 N–H and O–H groups in total. The number of anilines is 1. The maximum Gasteiger partial charge on any atom is 1.00 e. The van der Waals surface area contributed by atoms with Crippen molar-refractivity contribution in [2.45, 2.75) is 18.3 Å². The number of aromatic nitrogens is 3. The zero-order valence-corrected chi connectivity index (χ0v) is 21.9. The summed E-state index contributed by atoms with van der Waals surface area (Å²) in [6, 6.07) is -0.894. The van der Waals surface area contributed by atoms with E-state index in [-0.39, 0.29) is 58.4 Å². The van der Waals surface area contributed by atoms with Crippen molar-refractivity contribution in [1.29, 1.82) is 0 Å². The molecule has 168 valence electrons. The van der Waals surface area contributed by atoms with E-state index in [1.165, 1.54) is 39.7 Å². The molecule has 2 aliphatic rings. The van der Waals surface area contributed by atoms with Gasteiger partial charge in [0.25, 0.3) is 5.91 Å². The Bertz CT molecular complexity index is 1150. The van der Waals surface area contributed by atoms with Gasteiger partial charge < -0.3 is 31.1 Å². The number of carboxylic acid groups (broad SMARTS) is 1. The first-order chi connectivity index (χ1) is 15.3. The number of aliphatic carboxylic acids is 1. The van der Waals surface area contributed by atoms with Crippen molar-refractivity contribution in [3.63, 3.8) is 0 Å². The third-order valence-electron chi connectivity index (χ3n) is 5.13. The van der Waals surface area contributed by atoms with E-state index in [9.17, 15) is 24.7 Å². The molecule has 2 aliphatic heterocycles. The average molecular weight is 518 g/mol. The molecule has 4 rings (SSSR count). The number of thiazole rings is 1. The van der Waals surface area contributed by atoms with Crippen molar-refractivity contribution in [3.8, 4) is 0 Å². The van der Waals surface area contributed by atoms with Crippen LogP contribution in [0.2, 0.25) is 0 Å². The Balaban J connectivity index is 0.00000306.